The van der Waals surface area contributed by atoms with E-state index in [4.69, 9.17) is 14.2 Å². The van der Waals surface area contributed by atoms with Crippen LogP contribution in [-0.2, 0) is 6.42 Å². The molecule has 33 heavy (non-hydrogen) atoms. The summed E-state index contributed by atoms with van der Waals surface area (Å²) in [5.74, 6) is 2.22. The van der Waals surface area contributed by atoms with Crippen LogP contribution in [0.25, 0.3) is 12.2 Å². The second kappa shape index (κ2) is 9.12. The number of quaternary nitrogens is 1. The summed E-state index contributed by atoms with van der Waals surface area (Å²) in [7, 11) is 3.80. The molecule has 0 saturated carbocycles. The Bertz CT molecular complexity index is 1180. The molecule has 2 aliphatic heterocycles. The Morgan fingerprint density at radius 1 is 1.06 bits per heavy atom. The number of hydrogen-bond donors (Lipinski definition) is 1. The second-order valence-electron chi connectivity index (χ2n) is 8.61. The SMILES string of the molecule is COc1c2c(cc3c1[C@@H](CC(=O)c1ccc(/C=C/c4ccccc4)cc1)[NH+](C)CC3)OCO2. The van der Waals surface area contributed by atoms with Gasteiger partial charge in [-0.3, -0.25) is 4.79 Å². The van der Waals surface area contributed by atoms with Gasteiger partial charge in [0, 0.05) is 12.0 Å². The number of ether oxygens (including phenoxy) is 3. The summed E-state index contributed by atoms with van der Waals surface area (Å²) in [6.07, 6.45) is 5.46. The zero-order chi connectivity index (χ0) is 22.8. The molecule has 3 aromatic carbocycles. The van der Waals surface area contributed by atoms with Gasteiger partial charge in [0.2, 0.25) is 12.5 Å². The first-order chi connectivity index (χ1) is 16.1. The van der Waals surface area contributed by atoms with Gasteiger partial charge in [-0.1, -0.05) is 66.7 Å². The van der Waals surface area contributed by atoms with E-state index in [1.807, 2.05) is 42.5 Å². The Labute approximate surface area is 194 Å². The predicted molar refractivity (Wildman–Crippen MR) is 128 cm³/mol. The zero-order valence-electron chi connectivity index (χ0n) is 19.0. The average molecular weight is 443 g/mol. The lowest BCUT2D eigenvalue weighted by molar-refractivity contribution is -0.913. The molecule has 5 heteroatoms. The van der Waals surface area contributed by atoms with Crippen LogP contribution in [-0.4, -0.2) is 33.3 Å². The molecule has 0 aliphatic carbocycles. The van der Waals surface area contributed by atoms with Crippen molar-refractivity contribution in [3.63, 3.8) is 0 Å². The molecule has 5 rings (SSSR count). The van der Waals surface area contributed by atoms with E-state index in [1.54, 1.807) is 7.11 Å². The molecule has 0 fully saturated rings. The fourth-order valence-corrected chi connectivity index (χ4v) is 4.74. The molecule has 3 aromatic rings. The van der Waals surface area contributed by atoms with Crippen LogP contribution in [0.4, 0.5) is 0 Å². The van der Waals surface area contributed by atoms with Gasteiger partial charge in [0.15, 0.2) is 17.3 Å². The average Bonchev–Trinajstić information content (AvgIpc) is 3.32. The summed E-state index contributed by atoms with van der Waals surface area (Å²) in [5.41, 5.74) is 5.19. The van der Waals surface area contributed by atoms with Gasteiger partial charge in [0.05, 0.1) is 32.7 Å². The summed E-state index contributed by atoms with van der Waals surface area (Å²) < 4.78 is 17.0. The van der Waals surface area contributed by atoms with Crippen molar-refractivity contribution in [3.8, 4) is 17.2 Å². The molecular formula is C28H28NO4+. The van der Waals surface area contributed by atoms with Crippen LogP contribution in [0.15, 0.2) is 60.7 Å². The minimum Gasteiger partial charge on any atom is -0.492 e. The molecule has 168 valence electrons. The standard InChI is InChI=1S/C28H27NO4/c1-29-15-14-22-16-25-27(33-18-32-25)28(31-2)26(22)23(29)17-24(30)21-12-10-20(11-13-21)9-8-19-6-4-3-5-7-19/h3-13,16,23H,14-15,17-18H2,1-2H3/p+1/b9-8+/t23-/m1/s1. The van der Waals surface area contributed by atoms with E-state index in [0.29, 0.717) is 17.9 Å². The van der Waals surface area contributed by atoms with Gasteiger partial charge in [-0.15, -0.1) is 0 Å². The van der Waals surface area contributed by atoms with E-state index >= 15 is 0 Å². The third-order valence-corrected chi connectivity index (χ3v) is 6.57. The van der Waals surface area contributed by atoms with E-state index in [-0.39, 0.29) is 18.6 Å². The lowest BCUT2D eigenvalue weighted by Gasteiger charge is -2.32. The minimum absolute atomic E-state index is 0.00310. The van der Waals surface area contributed by atoms with Gasteiger partial charge in [-0.25, -0.2) is 0 Å². The van der Waals surface area contributed by atoms with Crippen LogP contribution in [0.3, 0.4) is 0 Å². The maximum absolute atomic E-state index is 13.3. The van der Waals surface area contributed by atoms with Gasteiger partial charge in [0.1, 0.15) is 6.04 Å². The number of Topliss-reactive ketones (excluding diaryl/α,β-unsaturated/α-hetero) is 1. The highest BCUT2D eigenvalue weighted by atomic mass is 16.7. The van der Waals surface area contributed by atoms with E-state index in [2.05, 4.69) is 37.4 Å². The smallest absolute Gasteiger partial charge is 0.231 e. The summed E-state index contributed by atoms with van der Waals surface area (Å²) in [5, 5.41) is 0. The van der Waals surface area contributed by atoms with Crippen molar-refractivity contribution >= 4 is 17.9 Å². The van der Waals surface area contributed by atoms with Gasteiger partial charge in [-0.05, 0) is 22.8 Å². The van der Waals surface area contributed by atoms with Gasteiger partial charge < -0.3 is 19.1 Å². The molecule has 2 atom stereocenters. The molecule has 2 aliphatic rings. The third-order valence-electron chi connectivity index (χ3n) is 6.57. The maximum Gasteiger partial charge on any atom is 0.231 e. The van der Waals surface area contributed by atoms with Crippen LogP contribution in [0.2, 0.25) is 0 Å². The molecule has 1 N–H and O–H groups in total. The maximum atomic E-state index is 13.3. The highest BCUT2D eigenvalue weighted by molar-refractivity contribution is 5.96. The van der Waals surface area contributed by atoms with Gasteiger partial charge in [0.25, 0.3) is 0 Å². The molecular weight excluding hydrogens is 414 g/mol. The third kappa shape index (κ3) is 4.24. The number of fused-ring (bicyclic) bond motifs is 2. The second-order valence-corrected chi connectivity index (χ2v) is 8.61. The van der Waals surface area contributed by atoms with Crippen LogP contribution >= 0.6 is 0 Å². The first-order valence-corrected chi connectivity index (χ1v) is 11.3. The fraction of sp³-hybridized carbons (Fsp3) is 0.250. The highest BCUT2D eigenvalue weighted by Gasteiger charge is 2.37. The molecule has 5 nitrogen and oxygen atoms in total. The van der Waals surface area contributed by atoms with Crippen molar-refractivity contribution in [3.05, 3.63) is 88.5 Å². The Morgan fingerprint density at radius 3 is 2.52 bits per heavy atom. The lowest BCUT2D eigenvalue weighted by atomic mass is 9.87. The molecule has 0 bridgehead atoms. The number of ketones is 1. The van der Waals surface area contributed by atoms with Crippen molar-refractivity contribution in [2.45, 2.75) is 18.9 Å². The van der Waals surface area contributed by atoms with E-state index < -0.39 is 0 Å². The summed E-state index contributed by atoms with van der Waals surface area (Å²) in [6.45, 7) is 1.16. The molecule has 0 radical (unpaired) electrons. The number of carbonyl (C=O) groups excluding carboxylic acids is 1. The Morgan fingerprint density at radius 2 is 1.79 bits per heavy atom. The highest BCUT2D eigenvalue weighted by Crippen LogP contribution is 2.47. The van der Waals surface area contributed by atoms with Crippen LogP contribution in [0, 0.1) is 0 Å². The quantitative estimate of drug-likeness (QED) is 0.464. The largest absolute Gasteiger partial charge is 0.492 e. The lowest BCUT2D eigenvalue weighted by Crippen LogP contribution is -3.10. The number of nitrogens with one attached hydrogen (secondary N) is 1. The first kappa shape index (κ1) is 21.3. The number of benzene rings is 3. The van der Waals surface area contributed by atoms with E-state index in [1.165, 1.54) is 10.5 Å². The first-order valence-electron chi connectivity index (χ1n) is 11.3. The number of methoxy groups -OCH3 is 1. The molecule has 0 aromatic heterocycles. The summed E-state index contributed by atoms with van der Waals surface area (Å²) >= 11 is 0. The predicted octanol–water partition coefficient (Wildman–Crippen LogP) is 3.98. The summed E-state index contributed by atoms with van der Waals surface area (Å²) in [4.78, 5) is 14.6. The van der Waals surface area contributed by atoms with Crippen LogP contribution in [0.1, 0.15) is 45.1 Å². The fourth-order valence-electron chi connectivity index (χ4n) is 4.74. The number of likely N-dealkylation sites (N-methyl/N-ethyl adjacent to an activating group) is 1. The van der Waals surface area contributed by atoms with Gasteiger partial charge in [-0.2, -0.15) is 0 Å². The number of hydrogen-bond acceptors (Lipinski definition) is 4. The molecule has 0 saturated heterocycles. The van der Waals surface area contributed by atoms with Crippen molar-refractivity contribution in [1.82, 2.24) is 0 Å². The van der Waals surface area contributed by atoms with Crippen molar-refractivity contribution in [1.29, 1.82) is 0 Å². The van der Waals surface area contributed by atoms with Crippen LogP contribution < -0.4 is 19.1 Å². The monoisotopic (exact) mass is 442 g/mol. The van der Waals surface area contributed by atoms with E-state index in [9.17, 15) is 4.79 Å². The topological polar surface area (TPSA) is 49.2 Å². The van der Waals surface area contributed by atoms with Crippen molar-refractivity contribution < 1.29 is 23.9 Å². The van der Waals surface area contributed by atoms with E-state index in [0.717, 1.165) is 41.0 Å². The van der Waals surface area contributed by atoms with Crippen LogP contribution in [0.5, 0.6) is 17.2 Å². The Hall–Kier alpha value is -3.57. The molecule has 2 heterocycles. The Balaban J connectivity index is 1.37. The number of carbonyl (C=O) groups is 1. The normalized spacial score (nSPS) is 18.8. The van der Waals surface area contributed by atoms with Crippen molar-refractivity contribution in [2.75, 3.05) is 27.5 Å². The molecule has 1 unspecified atom stereocenters. The molecule has 0 amide bonds. The Kier molecular flexibility index (Phi) is 5.88. The van der Waals surface area contributed by atoms with Crippen molar-refractivity contribution in [2.24, 2.45) is 0 Å². The zero-order valence-corrected chi connectivity index (χ0v) is 19.0. The number of rotatable bonds is 6. The molecule has 0 spiro atoms. The minimum atomic E-state index is 0.00310. The summed E-state index contributed by atoms with van der Waals surface area (Å²) in [6, 6.07) is 20.1. The van der Waals surface area contributed by atoms with Gasteiger partial charge >= 0.3 is 0 Å².